The highest BCUT2D eigenvalue weighted by Crippen LogP contribution is 2.75. The van der Waals surface area contributed by atoms with Crippen molar-refractivity contribution in [1.82, 2.24) is 0 Å². The Kier molecular flexibility index (Phi) is 3.53. The van der Waals surface area contributed by atoms with Gasteiger partial charge >= 0.3 is 0 Å². The standard InChI is InChI=1S/C16H28N4O2/c17-3-1-14-6-10-5-11(7-14)9-15(8-10,12(19)21)16(14,2-4-18)13(20)22/h10-11H,1-9,17-18H2,(H2,19,21)(H2,20,22). The largest absolute Gasteiger partial charge is 0.369 e. The van der Waals surface area contributed by atoms with E-state index in [1.165, 1.54) is 0 Å². The number of nitrogens with two attached hydrogens (primary N) is 4. The van der Waals surface area contributed by atoms with E-state index in [9.17, 15) is 9.59 Å². The van der Waals surface area contributed by atoms with E-state index in [-0.39, 0.29) is 11.3 Å². The van der Waals surface area contributed by atoms with Crippen molar-refractivity contribution in [2.45, 2.75) is 44.9 Å². The second kappa shape index (κ2) is 4.93. The quantitative estimate of drug-likeness (QED) is 0.541. The molecule has 0 heterocycles. The molecule has 4 fully saturated rings. The maximum atomic E-state index is 12.7. The molecule has 0 saturated heterocycles. The van der Waals surface area contributed by atoms with Crippen LogP contribution in [0.2, 0.25) is 0 Å². The van der Waals surface area contributed by atoms with Crippen molar-refractivity contribution in [3.8, 4) is 0 Å². The smallest absolute Gasteiger partial charge is 0.225 e. The maximum Gasteiger partial charge on any atom is 0.225 e. The molecule has 0 aromatic carbocycles. The lowest BCUT2D eigenvalue weighted by molar-refractivity contribution is -0.227. The molecule has 0 spiro atoms. The summed E-state index contributed by atoms with van der Waals surface area (Å²) in [7, 11) is 0. The summed E-state index contributed by atoms with van der Waals surface area (Å²) in [6.07, 6.45) is 5.53. The Bertz CT molecular complexity index is 492. The molecule has 6 nitrogen and oxygen atoms in total. The van der Waals surface area contributed by atoms with Crippen LogP contribution in [0.5, 0.6) is 0 Å². The predicted octanol–water partition coefficient (Wildman–Crippen LogP) is -0.162. The second-order valence-electron chi connectivity index (χ2n) is 7.86. The topological polar surface area (TPSA) is 138 Å². The highest BCUT2D eigenvalue weighted by molar-refractivity contribution is 5.93. The summed E-state index contributed by atoms with van der Waals surface area (Å²) in [4.78, 5) is 25.2. The van der Waals surface area contributed by atoms with E-state index in [1.807, 2.05) is 0 Å². The first-order valence-corrected chi connectivity index (χ1v) is 8.37. The Hall–Kier alpha value is -1.14. The van der Waals surface area contributed by atoms with Crippen molar-refractivity contribution in [2.24, 2.45) is 51.0 Å². The number of carbonyl (C=O) groups is 2. The zero-order chi connectivity index (χ0) is 16.2. The van der Waals surface area contributed by atoms with Crippen molar-refractivity contribution >= 4 is 11.8 Å². The fourth-order valence-corrected chi connectivity index (χ4v) is 6.86. The van der Waals surface area contributed by atoms with Gasteiger partial charge in [0.05, 0.1) is 10.8 Å². The van der Waals surface area contributed by atoms with Crippen LogP contribution >= 0.6 is 0 Å². The van der Waals surface area contributed by atoms with Crippen molar-refractivity contribution < 1.29 is 9.59 Å². The SMILES string of the molecule is NCCC12CC3CC(C1)CC(C(N)=O)(C3)C2(CCN)C(N)=O. The number of primary amides is 2. The first kappa shape index (κ1) is 15.7. The van der Waals surface area contributed by atoms with Gasteiger partial charge in [0.2, 0.25) is 11.8 Å². The number of carbonyl (C=O) groups excluding carboxylic acids is 2. The van der Waals surface area contributed by atoms with Gasteiger partial charge in [-0.2, -0.15) is 0 Å². The number of hydrogen-bond donors (Lipinski definition) is 4. The lowest BCUT2D eigenvalue weighted by Gasteiger charge is -2.70. The monoisotopic (exact) mass is 308 g/mol. The van der Waals surface area contributed by atoms with Gasteiger partial charge < -0.3 is 22.9 Å². The average Bonchev–Trinajstić information content (AvgIpc) is 2.41. The molecule has 0 radical (unpaired) electrons. The minimum Gasteiger partial charge on any atom is -0.369 e. The number of rotatable bonds is 6. The van der Waals surface area contributed by atoms with Crippen LogP contribution < -0.4 is 22.9 Å². The number of hydrogen-bond acceptors (Lipinski definition) is 4. The van der Waals surface area contributed by atoms with Gasteiger partial charge in [0.15, 0.2) is 0 Å². The van der Waals surface area contributed by atoms with Crippen LogP contribution in [0.15, 0.2) is 0 Å². The van der Waals surface area contributed by atoms with Crippen molar-refractivity contribution in [2.75, 3.05) is 13.1 Å². The molecular formula is C16H28N4O2. The minimum absolute atomic E-state index is 0.300. The van der Waals surface area contributed by atoms with E-state index >= 15 is 0 Å². The van der Waals surface area contributed by atoms with Gasteiger partial charge in [-0.15, -0.1) is 0 Å². The third-order valence-corrected chi connectivity index (χ3v) is 7.06. The van der Waals surface area contributed by atoms with Crippen molar-refractivity contribution in [1.29, 1.82) is 0 Å². The fourth-order valence-electron chi connectivity index (χ4n) is 6.86. The number of amides is 2. The Morgan fingerprint density at radius 3 is 1.82 bits per heavy atom. The molecular weight excluding hydrogens is 280 g/mol. The Labute approximate surface area is 131 Å². The van der Waals surface area contributed by atoms with E-state index < -0.39 is 16.7 Å². The second-order valence-corrected chi connectivity index (χ2v) is 7.86. The molecule has 0 aliphatic heterocycles. The highest BCUT2D eigenvalue weighted by atomic mass is 16.2. The molecule has 3 atom stereocenters. The van der Waals surface area contributed by atoms with Gasteiger partial charge in [0.25, 0.3) is 0 Å². The molecule has 4 aliphatic rings. The molecule has 124 valence electrons. The fraction of sp³-hybridized carbons (Fsp3) is 0.875. The van der Waals surface area contributed by atoms with Crippen molar-refractivity contribution in [3.05, 3.63) is 0 Å². The van der Waals surface area contributed by atoms with Gasteiger partial charge in [-0.1, -0.05) is 0 Å². The Morgan fingerprint density at radius 1 is 0.864 bits per heavy atom. The zero-order valence-electron chi connectivity index (χ0n) is 13.1. The maximum absolute atomic E-state index is 12.7. The van der Waals surface area contributed by atoms with E-state index in [4.69, 9.17) is 22.9 Å². The molecule has 4 aliphatic carbocycles. The Morgan fingerprint density at radius 2 is 1.41 bits per heavy atom. The van der Waals surface area contributed by atoms with Gasteiger partial charge in [0.1, 0.15) is 0 Å². The van der Waals surface area contributed by atoms with E-state index in [2.05, 4.69) is 0 Å². The van der Waals surface area contributed by atoms with E-state index in [1.54, 1.807) is 0 Å². The molecule has 6 heteroatoms. The van der Waals surface area contributed by atoms with Crippen LogP contribution in [0.25, 0.3) is 0 Å². The summed E-state index contributed by atoms with van der Waals surface area (Å²) in [6, 6.07) is 0. The van der Waals surface area contributed by atoms with Crippen LogP contribution in [0.3, 0.4) is 0 Å². The van der Waals surface area contributed by atoms with E-state index in [0.29, 0.717) is 44.2 Å². The summed E-state index contributed by atoms with van der Waals surface area (Å²) < 4.78 is 0. The lowest BCUT2D eigenvalue weighted by Crippen LogP contribution is -2.73. The molecule has 0 aromatic heterocycles. The van der Waals surface area contributed by atoms with Crippen molar-refractivity contribution in [3.63, 3.8) is 0 Å². The normalized spacial score (nSPS) is 45.9. The zero-order valence-corrected chi connectivity index (χ0v) is 13.1. The van der Waals surface area contributed by atoms with E-state index in [0.717, 1.165) is 25.7 Å². The highest BCUT2D eigenvalue weighted by Gasteiger charge is 2.75. The molecule has 3 unspecified atom stereocenters. The summed E-state index contributed by atoms with van der Waals surface area (Å²) in [6.45, 7) is 0.827. The van der Waals surface area contributed by atoms with Crippen LogP contribution in [-0.2, 0) is 9.59 Å². The average molecular weight is 308 g/mol. The van der Waals surface area contributed by atoms with Crippen LogP contribution in [0.4, 0.5) is 0 Å². The summed E-state index contributed by atoms with van der Waals surface area (Å²) >= 11 is 0. The minimum atomic E-state index is -0.923. The molecule has 8 N–H and O–H groups in total. The summed E-state index contributed by atoms with van der Waals surface area (Å²) in [5, 5.41) is 0. The molecule has 4 rings (SSSR count). The first-order chi connectivity index (χ1) is 10.4. The lowest BCUT2D eigenvalue weighted by atomic mass is 9.31. The van der Waals surface area contributed by atoms with Gasteiger partial charge in [0, 0.05) is 0 Å². The summed E-state index contributed by atoms with van der Waals surface area (Å²) in [5.41, 5.74) is 21.5. The van der Waals surface area contributed by atoms with Gasteiger partial charge in [-0.25, -0.2) is 0 Å². The predicted molar refractivity (Wildman–Crippen MR) is 83.1 cm³/mol. The molecule has 22 heavy (non-hydrogen) atoms. The van der Waals surface area contributed by atoms with Crippen LogP contribution in [0, 0.1) is 28.1 Å². The molecule has 2 amide bonds. The molecule has 4 saturated carbocycles. The Balaban J connectivity index is 2.23. The first-order valence-electron chi connectivity index (χ1n) is 8.37. The third-order valence-electron chi connectivity index (χ3n) is 7.06. The molecule has 4 bridgehead atoms. The third kappa shape index (κ3) is 1.62. The van der Waals surface area contributed by atoms with Crippen LogP contribution in [0.1, 0.15) is 44.9 Å². The van der Waals surface area contributed by atoms with Gasteiger partial charge in [-0.3, -0.25) is 9.59 Å². The molecule has 0 aromatic rings. The van der Waals surface area contributed by atoms with Gasteiger partial charge in [-0.05, 0) is 75.3 Å². The van der Waals surface area contributed by atoms with Crippen LogP contribution in [-0.4, -0.2) is 24.9 Å². The summed E-state index contributed by atoms with van der Waals surface area (Å²) in [5.74, 6) is 0.146.